The summed E-state index contributed by atoms with van der Waals surface area (Å²) < 4.78 is 40.8. The Morgan fingerprint density at radius 3 is 2.15 bits per heavy atom. The van der Waals surface area contributed by atoms with Crippen molar-refractivity contribution in [3.63, 3.8) is 0 Å². The van der Waals surface area contributed by atoms with Gasteiger partial charge in [0.1, 0.15) is 11.9 Å². The van der Waals surface area contributed by atoms with E-state index in [1.807, 2.05) is 26.8 Å². The highest BCUT2D eigenvalue weighted by Gasteiger charge is 2.34. The third-order valence-corrected chi connectivity index (χ3v) is 7.88. The van der Waals surface area contributed by atoms with Gasteiger partial charge in [-0.05, 0) is 61.2 Å². The van der Waals surface area contributed by atoms with Crippen LogP contribution in [-0.4, -0.2) is 61.7 Å². The van der Waals surface area contributed by atoms with Crippen molar-refractivity contribution in [2.24, 2.45) is 5.92 Å². The van der Waals surface area contributed by atoms with Crippen LogP contribution in [0.15, 0.2) is 47.4 Å². The van der Waals surface area contributed by atoms with Gasteiger partial charge in [0.15, 0.2) is 0 Å². The molecule has 1 saturated heterocycles. The number of nitrogens with one attached hydrogen (secondary N) is 1. The fraction of sp³-hybridized carbons (Fsp3) is 0.417. The lowest BCUT2D eigenvalue weighted by Gasteiger charge is -2.36. The molecule has 2 amide bonds. The minimum absolute atomic E-state index is 0.179. The third-order valence-electron chi connectivity index (χ3n) is 5.84. The molecule has 178 valence electrons. The second kappa shape index (κ2) is 10.0. The van der Waals surface area contributed by atoms with Crippen molar-refractivity contribution in [1.82, 2.24) is 14.5 Å². The highest BCUT2D eigenvalue weighted by molar-refractivity contribution is 7.89. The normalized spacial score (nSPS) is 16.0. The Hall–Kier alpha value is -2.78. The van der Waals surface area contributed by atoms with E-state index in [0.29, 0.717) is 5.56 Å². The Kier molecular flexibility index (Phi) is 7.54. The standard InChI is InChI=1S/C24H30FN3O4S/c1-16(2)22(26-23(29)19-7-9-20(25)10-8-19)24(30)27-11-13-28(14-12-27)33(31,32)21-15-17(3)5-6-18(21)4/h5-10,15-16,22H,11-14H2,1-4H3,(H,26,29)/t22-/m1/s1. The maximum absolute atomic E-state index is 13.2. The second-order valence-corrected chi connectivity index (χ2v) is 10.6. The first-order valence-corrected chi connectivity index (χ1v) is 12.4. The summed E-state index contributed by atoms with van der Waals surface area (Å²) in [6.45, 7) is 8.10. The summed E-state index contributed by atoms with van der Waals surface area (Å²) in [6, 6.07) is 9.67. The molecule has 1 aliphatic heterocycles. The van der Waals surface area contributed by atoms with Crippen LogP contribution < -0.4 is 5.32 Å². The number of hydrogen-bond donors (Lipinski definition) is 1. The van der Waals surface area contributed by atoms with Gasteiger partial charge in [0.2, 0.25) is 15.9 Å². The van der Waals surface area contributed by atoms with E-state index in [9.17, 15) is 22.4 Å². The van der Waals surface area contributed by atoms with Gasteiger partial charge < -0.3 is 10.2 Å². The third kappa shape index (κ3) is 5.59. The first-order valence-electron chi connectivity index (χ1n) is 10.9. The van der Waals surface area contributed by atoms with Crippen LogP contribution in [0.5, 0.6) is 0 Å². The first-order chi connectivity index (χ1) is 15.5. The van der Waals surface area contributed by atoms with Crippen LogP contribution in [0.4, 0.5) is 4.39 Å². The summed E-state index contributed by atoms with van der Waals surface area (Å²) in [5, 5.41) is 2.75. The Labute approximate surface area is 194 Å². The number of sulfonamides is 1. The molecule has 2 aromatic carbocycles. The van der Waals surface area contributed by atoms with Crippen molar-refractivity contribution >= 4 is 21.8 Å². The Morgan fingerprint density at radius 2 is 1.58 bits per heavy atom. The average Bonchev–Trinajstić information content (AvgIpc) is 2.78. The number of nitrogens with zero attached hydrogens (tertiary/aromatic N) is 2. The van der Waals surface area contributed by atoms with Crippen molar-refractivity contribution in [3.8, 4) is 0 Å². The van der Waals surface area contributed by atoms with Crippen molar-refractivity contribution in [2.45, 2.75) is 38.6 Å². The molecule has 9 heteroatoms. The predicted octanol–water partition coefficient (Wildman–Crippen LogP) is 2.73. The Bertz CT molecular complexity index is 1120. The van der Waals surface area contributed by atoms with Crippen LogP contribution in [0.25, 0.3) is 0 Å². The summed E-state index contributed by atoms with van der Waals surface area (Å²) >= 11 is 0. The molecule has 0 bridgehead atoms. The van der Waals surface area contributed by atoms with Gasteiger partial charge in [-0.2, -0.15) is 4.31 Å². The van der Waals surface area contributed by atoms with E-state index in [1.165, 1.54) is 28.6 Å². The molecule has 2 aromatic rings. The van der Waals surface area contributed by atoms with E-state index >= 15 is 0 Å². The van der Waals surface area contributed by atoms with Gasteiger partial charge in [-0.3, -0.25) is 9.59 Å². The number of piperazine rings is 1. The van der Waals surface area contributed by atoms with E-state index in [4.69, 9.17) is 0 Å². The van der Waals surface area contributed by atoms with Crippen molar-refractivity contribution in [1.29, 1.82) is 0 Å². The molecule has 0 saturated carbocycles. The molecule has 1 N–H and O–H groups in total. The molecule has 0 radical (unpaired) electrons. The number of halogens is 1. The molecule has 1 aliphatic rings. The van der Waals surface area contributed by atoms with Crippen molar-refractivity contribution in [2.75, 3.05) is 26.2 Å². The fourth-order valence-corrected chi connectivity index (χ4v) is 5.54. The average molecular weight is 476 g/mol. The minimum atomic E-state index is -3.66. The lowest BCUT2D eigenvalue weighted by atomic mass is 10.0. The van der Waals surface area contributed by atoms with Crippen LogP contribution in [0.3, 0.4) is 0 Å². The van der Waals surface area contributed by atoms with Crippen LogP contribution in [0, 0.1) is 25.6 Å². The molecule has 0 unspecified atom stereocenters. The largest absolute Gasteiger partial charge is 0.340 e. The molecule has 1 atom stereocenters. The van der Waals surface area contributed by atoms with E-state index in [-0.39, 0.29) is 48.5 Å². The number of carbonyl (C=O) groups excluding carboxylic acids is 2. The Balaban J connectivity index is 1.68. The van der Waals surface area contributed by atoms with Gasteiger partial charge >= 0.3 is 0 Å². The predicted molar refractivity (Wildman–Crippen MR) is 124 cm³/mol. The molecule has 3 rings (SSSR count). The quantitative estimate of drug-likeness (QED) is 0.696. The summed E-state index contributed by atoms with van der Waals surface area (Å²) in [5.41, 5.74) is 1.81. The zero-order chi connectivity index (χ0) is 24.3. The number of benzene rings is 2. The lowest BCUT2D eigenvalue weighted by molar-refractivity contribution is -0.135. The molecular weight excluding hydrogens is 445 g/mol. The van der Waals surface area contributed by atoms with Crippen LogP contribution in [-0.2, 0) is 14.8 Å². The molecule has 33 heavy (non-hydrogen) atoms. The summed E-state index contributed by atoms with van der Waals surface area (Å²) in [6.07, 6.45) is 0. The molecule has 1 fully saturated rings. The molecular formula is C24H30FN3O4S. The zero-order valence-electron chi connectivity index (χ0n) is 19.3. The highest BCUT2D eigenvalue weighted by atomic mass is 32.2. The maximum Gasteiger partial charge on any atom is 0.251 e. The highest BCUT2D eigenvalue weighted by Crippen LogP contribution is 2.23. The van der Waals surface area contributed by atoms with E-state index in [2.05, 4.69) is 5.32 Å². The van der Waals surface area contributed by atoms with Gasteiger partial charge in [0, 0.05) is 31.7 Å². The number of amides is 2. The van der Waals surface area contributed by atoms with Crippen LogP contribution in [0.1, 0.15) is 35.3 Å². The van der Waals surface area contributed by atoms with Gasteiger partial charge in [0.05, 0.1) is 4.90 Å². The zero-order valence-corrected chi connectivity index (χ0v) is 20.2. The van der Waals surface area contributed by atoms with Crippen LogP contribution in [0.2, 0.25) is 0 Å². The van der Waals surface area contributed by atoms with E-state index in [1.54, 1.807) is 24.0 Å². The number of aryl methyl sites for hydroxylation is 2. The van der Waals surface area contributed by atoms with E-state index < -0.39 is 27.8 Å². The van der Waals surface area contributed by atoms with Crippen molar-refractivity contribution < 1.29 is 22.4 Å². The molecule has 0 aliphatic carbocycles. The van der Waals surface area contributed by atoms with Gasteiger partial charge in [-0.1, -0.05) is 26.0 Å². The summed E-state index contributed by atoms with van der Waals surface area (Å²) in [7, 11) is -3.66. The minimum Gasteiger partial charge on any atom is -0.340 e. The number of carbonyl (C=O) groups is 2. The summed E-state index contributed by atoms with van der Waals surface area (Å²) in [4.78, 5) is 27.6. The Morgan fingerprint density at radius 1 is 0.970 bits per heavy atom. The number of rotatable bonds is 6. The smallest absolute Gasteiger partial charge is 0.251 e. The van der Waals surface area contributed by atoms with E-state index in [0.717, 1.165) is 5.56 Å². The topological polar surface area (TPSA) is 86.8 Å². The van der Waals surface area contributed by atoms with Crippen molar-refractivity contribution in [3.05, 3.63) is 65.0 Å². The fourth-order valence-electron chi connectivity index (χ4n) is 3.81. The van der Waals surface area contributed by atoms with Gasteiger partial charge in [0.25, 0.3) is 5.91 Å². The molecule has 0 spiro atoms. The molecule has 7 nitrogen and oxygen atoms in total. The number of hydrogen-bond acceptors (Lipinski definition) is 4. The second-order valence-electron chi connectivity index (χ2n) is 8.70. The lowest BCUT2D eigenvalue weighted by Crippen LogP contribution is -2.57. The van der Waals surface area contributed by atoms with Gasteiger partial charge in [-0.25, -0.2) is 12.8 Å². The monoisotopic (exact) mass is 475 g/mol. The molecule has 1 heterocycles. The SMILES string of the molecule is Cc1ccc(C)c(S(=O)(=O)N2CCN(C(=O)[C@H](NC(=O)c3ccc(F)cc3)C(C)C)CC2)c1. The molecule has 0 aromatic heterocycles. The first kappa shape index (κ1) is 24.9. The van der Waals surface area contributed by atoms with Crippen LogP contribution >= 0.6 is 0 Å². The maximum atomic E-state index is 13.2. The summed E-state index contributed by atoms with van der Waals surface area (Å²) in [5.74, 6) is -1.35. The van der Waals surface area contributed by atoms with Gasteiger partial charge in [-0.15, -0.1) is 0 Å².